The number of aromatic nitrogens is 5. The number of thioether (sulfide) groups is 1. The van der Waals surface area contributed by atoms with Crippen LogP contribution in [0.3, 0.4) is 0 Å². The molecule has 7 nitrogen and oxygen atoms in total. The summed E-state index contributed by atoms with van der Waals surface area (Å²) in [6.45, 7) is 3.63. The molecule has 3 aromatic heterocycles. The smallest absolute Gasteiger partial charge is 0.257 e. The fraction of sp³-hybridized carbons (Fsp3) is 0.333. The summed E-state index contributed by atoms with van der Waals surface area (Å²) in [5.41, 5.74) is 0.912. The van der Waals surface area contributed by atoms with Crippen LogP contribution in [0.2, 0.25) is 0 Å². The van der Waals surface area contributed by atoms with Crippen molar-refractivity contribution in [2.24, 2.45) is 0 Å². The monoisotopic (exact) mass is 439 g/mol. The van der Waals surface area contributed by atoms with E-state index in [2.05, 4.69) is 43.3 Å². The summed E-state index contributed by atoms with van der Waals surface area (Å²) in [4.78, 5) is 5.69. The van der Waals surface area contributed by atoms with E-state index in [0.29, 0.717) is 11.7 Å². The zero-order valence-electron chi connectivity index (χ0n) is 16.5. The molecular weight excluding hydrogens is 418 g/mol. The summed E-state index contributed by atoms with van der Waals surface area (Å²) in [5.74, 6) is 2.05. The van der Waals surface area contributed by atoms with E-state index in [1.807, 2.05) is 36.4 Å². The Morgan fingerprint density at radius 3 is 2.87 bits per heavy atom. The minimum Gasteiger partial charge on any atom is -0.376 e. The number of nitrogens with zero attached hydrogens (tertiary/aromatic N) is 5. The van der Waals surface area contributed by atoms with Gasteiger partial charge in [-0.15, -0.1) is 21.5 Å². The van der Waals surface area contributed by atoms with Crippen LogP contribution in [-0.2, 0) is 11.3 Å². The third-order valence-electron chi connectivity index (χ3n) is 4.98. The van der Waals surface area contributed by atoms with E-state index >= 15 is 0 Å². The Bertz CT molecular complexity index is 1090. The molecule has 154 valence electrons. The van der Waals surface area contributed by atoms with Gasteiger partial charge in [-0.3, -0.25) is 4.57 Å². The molecule has 2 atom stereocenters. The molecule has 0 N–H and O–H groups in total. The summed E-state index contributed by atoms with van der Waals surface area (Å²) in [6, 6.07) is 13.9. The third kappa shape index (κ3) is 4.05. The van der Waals surface area contributed by atoms with Crippen molar-refractivity contribution in [3.05, 3.63) is 53.7 Å². The van der Waals surface area contributed by atoms with Crippen molar-refractivity contribution in [1.82, 2.24) is 24.9 Å². The second-order valence-corrected chi connectivity index (χ2v) is 9.37. The molecular formula is C21H21N5O2S2. The second-order valence-electron chi connectivity index (χ2n) is 7.11. The summed E-state index contributed by atoms with van der Waals surface area (Å²) in [6.07, 6.45) is 2.36. The number of hydrogen-bond donors (Lipinski definition) is 0. The minimum atomic E-state index is -0.0326. The van der Waals surface area contributed by atoms with E-state index in [-0.39, 0.29) is 11.4 Å². The van der Waals surface area contributed by atoms with Crippen molar-refractivity contribution in [3.63, 3.8) is 0 Å². The van der Waals surface area contributed by atoms with Crippen LogP contribution in [0.1, 0.15) is 30.8 Å². The molecule has 0 aliphatic carbocycles. The van der Waals surface area contributed by atoms with E-state index in [4.69, 9.17) is 9.26 Å². The Labute approximate surface area is 182 Å². The van der Waals surface area contributed by atoms with E-state index in [9.17, 15) is 0 Å². The van der Waals surface area contributed by atoms with Crippen LogP contribution in [0, 0.1) is 0 Å². The predicted molar refractivity (Wildman–Crippen MR) is 116 cm³/mol. The fourth-order valence-corrected chi connectivity index (χ4v) is 5.04. The molecule has 4 aromatic rings. The highest BCUT2D eigenvalue weighted by molar-refractivity contribution is 7.99. The van der Waals surface area contributed by atoms with Gasteiger partial charge < -0.3 is 9.26 Å². The van der Waals surface area contributed by atoms with Crippen molar-refractivity contribution >= 4 is 23.1 Å². The van der Waals surface area contributed by atoms with Gasteiger partial charge in [0.1, 0.15) is 0 Å². The SMILES string of the molecule is C[C@H](Sc1nnc(-c2cccs2)n1C[C@H]1CCCO1)c1noc(-c2ccccc2)n1. The van der Waals surface area contributed by atoms with E-state index in [0.717, 1.165) is 47.4 Å². The maximum Gasteiger partial charge on any atom is 0.257 e. The average Bonchev–Trinajstić information content (AvgIpc) is 3.57. The van der Waals surface area contributed by atoms with Crippen molar-refractivity contribution in [2.75, 3.05) is 6.61 Å². The zero-order valence-corrected chi connectivity index (χ0v) is 18.1. The van der Waals surface area contributed by atoms with Crippen molar-refractivity contribution in [3.8, 4) is 22.2 Å². The van der Waals surface area contributed by atoms with E-state index < -0.39 is 0 Å². The fourth-order valence-electron chi connectivity index (χ4n) is 3.43. The van der Waals surface area contributed by atoms with E-state index in [1.54, 1.807) is 23.1 Å². The van der Waals surface area contributed by atoms with Gasteiger partial charge >= 0.3 is 0 Å². The lowest BCUT2D eigenvalue weighted by atomic mass is 10.2. The Hall–Kier alpha value is -2.49. The highest BCUT2D eigenvalue weighted by Crippen LogP contribution is 2.36. The lowest BCUT2D eigenvalue weighted by Crippen LogP contribution is -2.16. The Morgan fingerprint density at radius 1 is 1.20 bits per heavy atom. The van der Waals surface area contributed by atoms with Crippen LogP contribution >= 0.6 is 23.1 Å². The summed E-state index contributed by atoms with van der Waals surface area (Å²) in [7, 11) is 0. The van der Waals surface area contributed by atoms with Crippen LogP contribution in [0.15, 0.2) is 57.5 Å². The first kappa shape index (κ1) is 19.5. The zero-order chi connectivity index (χ0) is 20.3. The molecule has 30 heavy (non-hydrogen) atoms. The largest absolute Gasteiger partial charge is 0.376 e. The molecule has 1 aliphatic rings. The molecule has 0 radical (unpaired) electrons. The van der Waals surface area contributed by atoms with Crippen LogP contribution < -0.4 is 0 Å². The molecule has 0 bridgehead atoms. The molecule has 1 fully saturated rings. The van der Waals surface area contributed by atoms with Gasteiger partial charge in [-0.25, -0.2) is 0 Å². The van der Waals surface area contributed by atoms with Crippen molar-refractivity contribution in [1.29, 1.82) is 0 Å². The van der Waals surface area contributed by atoms with Crippen molar-refractivity contribution < 1.29 is 9.26 Å². The molecule has 9 heteroatoms. The van der Waals surface area contributed by atoms with Gasteiger partial charge in [0.15, 0.2) is 16.8 Å². The van der Waals surface area contributed by atoms with Gasteiger partial charge in [-0.05, 0) is 43.3 Å². The first-order chi connectivity index (χ1) is 14.8. The molecule has 1 aromatic carbocycles. The van der Waals surface area contributed by atoms with Crippen LogP contribution in [0.5, 0.6) is 0 Å². The highest BCUT2D eigenvalue weighted by Gasteiger charge is 2.25. The molecule has 4 heterocycles. The summed E-state index contributed by atoms with van der Waals surface area (Å²) >= 11 is 3.25. The van der Waals surface area contributed by atoms with Crippen LogP contribution in [-0.4, -0.2) is 37.6 Å². The molecule has 1 saturated heterocycles. The highest BCUT2D eigenvalue weighted by atomic mass is 32.2. The Balaban J connectivity index is 1.39. The van der Waals surface area contributed by atoms with Crippen molar-refractivity contribution in [2.45, 2.75) is 42.8 Å². The van der Waals surface area contributed by atoms with Gasteiger partial charge in [-0.2, -0.15) is 4.98 Å². The molecule has 0 spiro atoms. The van der Waals surface area contributed by atoms with E-state index in [1.165, 1.54) is 0 Å². The standard InChI is InChI=1S/C21H21N5O2S2/c1-14(18-22-20(28-25-18)15-7-3-2-4-8-15)30-21-24-23-19(17-10-6-12-29-17)26(21)13-16-9-5-11-27-16/h2-4,6-8,10,12,14,16H,5,9,11,13H2,1H3/t14-,16+/m0/s1. The summed E-state index contributed by atoms with van der Waals surface area (Å²) in [5, 5.41) is 16.0. The Kier molecular flexibility index (Phi) is 5.65. The normalized spacial score (nSPS) is 17.4. The maximum absolute atomic E-state index is 5.87. The van der Waals surface area contributed by atoms with Gasteiger partial charge in [0.25, 0.3) is 5.89 Å². The lowest BCUT2D eigenvalue weighted by Gasteiger charge is -2.15. The van der Waals surface area contributed by atoms with Gasteiger partial charge in [0.05, 0.1) is 22.8 Å². The molecule has 1 aliphatic heterocycles. The first-order valence-corrected chi connectivity index (χ1v) is 11.7. The van der Waals surface area contributed by atoms with Gasteiger partial charge in [-0.1, -0.05) is 41.2 Å². The Morgan fingerprint density at radius 2 is 2.10 bits per heavy atom. The predicted octanol–water partition coefficient (Wildman–Crippen LogP) is 5.09. The average molecular weight is 440 g/mol. The first-order valence-electron chi connectivity index (χ1n) is 9.92. The quantitative estimate of drug-likeness (QED) is 0.371. The second kappa shape index (κ2) is 8.71. The molecule has 0 amide bonds. The number of thiophene rings is 1. The topological polar surface area (TPSA) is 78.9 Å². The number of rotatable bonds is 7. The minimum absolute atomic E-state index is 0.0326. The number of ether oxygens (including phenoxy) is 1. The third-order valence-corrected chi connectivity index (χ3v) is 6.92. The van der Waals surface area contributed by atoms with Gasteiger partial charge in [0, 0.05) is 12.2 Å². The molecule has 0 unspecified atom stereocenters. The molecule has 0 saturated carbocycles. The lowest BCUT2D eigenvalue weighted by molar-refractivity contribution is 0.0953. The maximum atomic E-state index is 5.87. The molecule has 5 rings (SSSR count). The summed E-state index contributed by atoms with van der Waals surface area (Å²) < 4.78 is 13.5. The van der Waals surface area contributed by atoms with Crippen LogP contribution in [0.4, 0.5) is 0 Å². The van der Waals surface area contributed by atoms with Crippen LogP contribution in [0.25, 0.3) is 22.2 Å². The number of benzene rings is 1. The number of hydrogen-bond acceptors (Lipinski definition) is 8. The van der Waals surface area contributed by atoms with Gasteiger partial charge in [0.2, 0.25) is 0 Å².